The molecule has 3 N–H and O–H groups in total. The van der Waals surface area contributed by atoms with Gasteiger partial charge in [0.1, 0.15) is 0 Å². The van der Waals surface area contributed by atoms with Crippen molar-refractivity contribution < 1.29 is 9.90 Å². The fourth-order valence-corrected chi connectivity index (χ4v) is 3.52. The molecule has 1 fully saturated rings. The van der Waals surface area contributed by atoms with Crippen LogP contribution >= 0.6 is 0 Å². The quantitative estimate of drug-likeness (QED) is 0.712. The minimum absolute atomic E-state index is 0.00859. The largest absolute Gasteiger partial charge is 0.393 e. The highest BCUT2D eigenvalue weighted by Crippen LogP contribution is 2.23. The van der Waals surface area contributed by atoms with Crippen molar-refractivity contribution in [1.29, 1.82) is 0 Å². The number of nitrogens with zero attached hydrogens (tertiary/aromatic N) is 2. The SMILES string of the molecule is O=C(NCCc1cn[nH]c1)N1CCC([C@H](O)CCc2ccccc2)CC1. The van der Waals surface area contributed by atoms with E-state index in [2.05, 4.69) is 27.6 Å². The van der Waals surface area contributed by atoms with Crippen LogP contribution in [0.1, 0.15) is 30.4 Å². The Labute approximate surface area is 154 Å². The van der Waals surface area contributed by atoms with Crippen molar-refractivity contribution in [2.45, 2.75) is 38.2 Å². The second-order valence-electron chi connectivity index (χ2n) is 7.00. The van der Waals surface area contributed by atoms with Crippen molar-refractivity contribution in [2.75, 3.05) is 19.6 Å². The molecule has 1 atom stereocenters. The zero-order chi connectivity index (χ0) is 18.2. The molecule has 1 aromatic heterocycles. The van der Waals surface area contributed by atoms with Gasteiger partial charge in [0.2, 0.25) is 0 Å². The molecule has 2 heterocycles. The number of aliphatic hydroxyl groups is 1. The van der Waals surface area contributed by atoms with Crippen molar-refractivity contribution in [2.24, 2.45) is 5.92 Å². The molecule has 2 aromatic rings. The Morgan fingerprint density at radius 1 is 1.23 bits per heavy atom. The third-order valence-electron chi connectivity index (χ3n) is 5.19. The number of hydrogen-bond acceptors (Lipinski definition) is 3. The first-order valence-corrected chi connectivity index (χ1v) is 9.45. The lowest BCUT2D eigenvalue weighted by Gasteiger charge is -2.34. The van der Waals surface area contributed by atoms with Crippen molar-refractivity contribution >= 4 is 6.03 Å². The summed E-state index contributed by atoms with van der Waals surface area (Å²) in [7, 11) is 0. The van der Waals surface area contributed by atoms with Gasteiger partial charge in [0.15, 0.2) is 0 Å². The number of amides is 2. The minimum atomic E-state index is -0.290. The minimum Gasteiger partial charge on any atom is -0.393 e. The number of urea groups is 1. The maximum absolute atomic E-state index is 12.2. The first kappa shape index (κ1) is 18.5. The summed E-state index contributed by atoms with van der Waals surface area (Å²) in [5.74, 6) is 0.286. The fraction of sp³-hybridized carbons (Fsp3) is 0.500. The molecule has 1 aromatic carbocycles. The molecular weight excluding hydrogens is 328 g/mol. The van der Waals surface area contributed by atoms with Crippen LogP contribution in [-0.4, -0.2) is 52.0 Å². The Hall–Kier alpha value is -2.34. The summed E-state index contributed by atoms with van der Waals surface area (Å²) in [4.78, 5) is 14.1. The Kier molecular flexibility index (Phi) is 6.66. The van der Waals surface area contributed by atoms with Gasteiger partial charge in [0, 0.05) is 25.8 Å². The third kappa shape index (κ3) is 5.33. The number of aliphatic hydroxyl groups excluding tert-OH is 1. The predicted octanol–water partition coefficient (Wildman–Crippen LogP) is 2.37. The number of likely N-dealkylation sites (tertiary alicyclic amines) is 1. The third-order valence-corrected chi connectivity index (χ3v) is 5.19. The van der Waals surface area contributed by atoms with Crippen molar-refractivity contribution in [3.63, 3.8) is 0 Å². The van der Waals surface area contributed by atoms with E-state index < -0.39 is 0 Å². The van der Waals surface area contributed by atoms with Gasteiger partial charge in [0.25, 0.3) is 0 Å². The summed E-state index contributed by atoms with van der Waals surface area (Å²) in [6.45, 7) is 2.03. The molecule has 3 rings (SSSR count). The first-order chi connectivity index (χ1) is 12.7. The summed E-state index contributed by atoms with van der Waals surface area (Å²) >= 11 is 0. The number of nitrogens with one attached hydrogen (secondary N) is 2. The van der Waals surface area contributed by atoms with Crippen LogP contribution in [0.5, 0.6) is 0 Å². The zero-order valence-electron chi connectivity index (χ0n) is 15.1. The standard InChI is InChI=1S/C20H28N4O2/c25-19(7-6-16-4-2-1-3-5-16)18-9-12-24(13-10-18)20(26)21-11-8-17-14-22-23-15-17/h1-5,14-15,18-19,25H,6-13H2,(H,21,26)(H,22,23)/t19-/m1/s1. The van der Waals surface area contributed by atoms with E-state index in [4.69, 9.17) is 0 Å². The lowest BCUT2D eigenvalue weighted by Crippen LogP contribution is -2.46. The van der Waals surface area contributed by atoms with Gasteiger partial charge in [-0.3, -0.25) is 5.10 Å². The Morgan fingerprint density at radius 3 is 2.69 bits per heavy atom. The number of benzene rings is 1. The zero-order valence-corrected chi connectivity index (χ0v) is 15.1. The van der Waals surface area contributed by atoms with E-state index in [1.54, 1.807) is 6.20 Å². The molecule has 1 saturated heterocycles. The van der Waals surface area contributed by atoms with Gasteiger partial charge in [-0.25, -0.2) is 4.79 Å². The van der Waals surface area contributed by atoms with Crippen molar-refractivity contribution in [3.8, 4) is 0 Å². The molecule has 6 nitrogen and oxygen atoms in total. The summed E-state index contributed by atoms with van der Waals surface area (Å²) in [6.07, 6.45) is 7.51. The molecule has 0 unspecified atom stereocenters. The van der Waals surface area contributed by atoms with Gasteiger partial charge in [-0.1, -0.05) is 30.3 Å². The highest BCUT2D eigenvalue weighted by Gasteiger charge is 2.27. The van der Waals surface area contributed by atoms with Gasteiger partial charge >= 0.3 is 6.03 Å². The van der Waals surface area contributed by atoms with Gasteiger partial charge in [-0.05, 0) is 49.1 Å². The number of piperidine rings is 1. The predicted molar refractivity (Wildman–Crippen MR) is 101 cm³/mol. The van der Waals surface area contributed by atoms with Crippen molar-refractivity contribution in [1.82, 2.24) is 20.4 Å². The van der Waals surface area contributed by atoms with E-state index in [0.717, 1.165) is 37.7 Å². The van der Waals surface area contributed by atoms with Crippen LogP contribution in [-0.2, 0) is 12.8 Å². The van der Waals surface area contributed by atoms with Crippen LogP contribution in [0.3, 0.4) is 0 Å². The topological polar surface area (TPSA) is 81.2 Å². The van der Waals surface area contributed by atoms with Gasteiger partial charge in [-0.2, -0.15) is 5.10 Å². The van der Waals surface area contributed by atoms with Gasteiger partial charge < -0.3 is 15.3 Å². The summed E-state index contributed by atoms with van der Waals surface area (Å²) in [5, 5.41) is 20.1. The highest BCUT2D eigenvalue weighted by molar-refractivity contribution is 5.74. The number of hydrogen-bond donors (Lipinski definition) is 3. The Morgan fingerprint density at radius 2 is 2.00 bits per heavy atom. The molecule has 0 spiro atoms. The number of rotatable bonds is 7. The lowest BCUT2D eigenvalue weighted by molar-refractivity contribution is 0.0611. The Bertz CT molecular complexity index is 652. The van der Waals surface area contributed by atoms with E-state index in [1.165, 1.54) is 5.56 Å². The van der Waals surface area contributed by atoms with E-state index >= 15 is 0 Å². The average molecular weight is 356 g/mol. The van der Waals surface area contributed by atoms with Crippen LogP contribution in [0.2, 0.25) is 0 Å². The molecule has 1 aliphatic heterocycles. The normalized spacial score (nSPS) is 16.4. The molecular formula is C20H28N4O2. The molecule has 26 heavy (non-hydrogen) atoms. The summed E-state index contributed by atoms with van der Waals surface area (Å²) in [6, 6.07) is 10.3. The molecule has 140 valence electrons. The molecule has 0 aliphatic carbocycles. The number of H-pyrrole nitrogens is 1. The molecule has 6 heteroatoms. The van der Waals surface area contributed by atoms with Gasteiger partial charge in [-0.15, -0.1) is 0 Å². The van der Waals surface area contributed by atoms with Crippen LogP contribution in [0.4, 0.5) is 4.79 Å². The Balaban J connectivity index is 1.34. The molecule has 0 radical (unpaired) electrons. The van der Waals surface area contributed by atoms with Crippen molar-refractivity contribution in [3.05, 3.63) is 53.9 Å². The number of carbonyl (C=O) groups is 1. The van der Waals surface area contributed by atoms with E-state index in [-0.39, 0.29) is 18.1 Å². The number of aromatic amines is 1. The summed E-state index contributed by atoms with van der Waals surface area (Å²) in [5.41, 5.74) is 2.35. The molecule has 0 saturated carbocycles. The van der Waals surface area contributed by atoms with Gasteiger partial charge in [0.05, 0.1) is 12.3 Å². The second-order valence-corrected chi connectivity index (χ2v) is 7.00. The molecule has 2 amide bonds. The van der Waals surface area contributed by atoms with Crippen LogP contribution in [0.25, 0.3) is 0 Å². The fourth-order valence-electron chi connectivity index (χ4n) is 3.52. The first-order valence-electron chi connectivity index (χ1n) is 9.45. The number of aromatic nitrogens is 2. The maximum Gasteiger partial charge on any atom is 0.317 e. The smallest absolute Gasteiger partial charge is 0.317 e. The van der Waals surface area contributed by atoms with E-state index in [1.807, 2.05) is 29.3 Å². The van der Waals surface area contributed by atoms with E-state index in [9.17, 15) is 9.90 Å². The highest BCUT2D eigenvalue weighted by atomic mass is 16.3. The van der Waals surface area contributed by atoms with Crippen LogP contribution in [0, 0.1) is 5.92 Å². The monoisotopic (exact) mass is 356 g/mol. The van der Waals surface area contributed by atoms with Crippen LogP contribution < -0.4 is 5.32 Å². The maximum atomic E-state index is 12.2. The van der Waals surface area contributed by atoms with E-state index in [0.29, 0.717) is 19.6 Å². The number of carbonyl (C=O) groups excluding carboxylic acids is 1. The lowest BCUT2D eigenvalue weighted by atomic mass is 9.88. The average Bonchev–Trinajstić information content (AvgIpc) is 3.20. The number of aryl methyl sites for hydroxylation is 1. The summed E-state index contributed by atoms with van der Waals surface area (Å²) < 4.78 is 0. The molecule has 1 aliphatic rings. The second kappa shape index (κ2) is 9.38. The van der Waals surface area contributed by atoms with Crippen LogP contribution in [0.15, 0.2) is 42.7 Å². The molecule has 0 bridgehead atoms.